The summed E-state index contributed by atoms with van der Waals surface area (Å²) in [6.07, 6.45) is 0. The number of hydrogen-bond acceptors (Lipinski definition) is 7. The number of ether oxygens (including phenoxy) is 1. The number of carbonyl (C=O) groups is 2. The second-order valence-corrected chi connectivity index (χ2v) is 8.26. The van der Waals surface area contributed by atoms with E-state index in [0.29, 0.717) is 5.69 Å². The molecule has 1 aromatic carbocycles. The lowest BCUT2D eigenvalue weighted by atomic mass is 10.2. The molecular formula is C16H19N3O5S2. The van der Waals surface area contributed by atoms with E-state index in [-0.39, 0.29) is 18.0 Å². The van der Waals surface area contributed by atoms with Crippen molar-refractivity contribution >= 4 is 33.2 Å². The van der Waals surface area contributed by atoms with Crippen molar-refractivity contribution in [3.05, 3.63) is 45.9 Å². The second kappa shape index (κ2) is 8.88. The van der Waals surface area contributed by atoms with Gasteiger partial charge >= 0.3 is 5.97 Å². The van der Waals surface area contributed by atoms with E-state index in [0.717, 1.165) is 10.6 Å². The molecule has 1 aromatic heterocycles. The molecule has 10 heteroatoms. The monoisotopic (exact) mass is 397 g/mol. The Morgan fingerprint density at radius 1 is 1.15 bits per heavy atom. The minimum atomic E-state index is -3.79. The molecule has 1 heterocycles. The van der Waals surface area contributed by atoms with Crippen LogP contribution in [0, 0.1) is 13.8 Å². The topological polar surface area (TPSA) is 114 Å². The normalized spacial score (nSPS) is 11.2. The number of rotatable bonds is 8. The Bertz CT molecular complexity index is 876. The van der Waals surface area contributed by atoms with Gasteiger partial charge in [0.05, 0.1) is 22.1 Å². The molecule has 0 unspecified atom stereocenters. The molecule has 2 rings (SSSR count). The van der Waals surface area contributed by atoms with Crippen LogP contribution in [0.3, 0.4) is 0 Å². The van der Waals surface area contributed by atoms with E-state index in [9.17, 15) is 18.0 Å². The van der Waals surface area contributed by atoms with Gasteiger partial charge in [-0.1, -0.05) is 17.7 Å². The number of nitrogens with zero attached hydrogens (tertiary/aromatic N) is 1. The third kappa shape index (κ3) is 6.21. The molecule has 0 aliphatic rings. The summed E-state index contributed by atoms with van der Waals surface area (Å²) in [5.74, 6) is -1.27. The van der Waals surface area contributed by atoms with Crippen LogP contribution in [0.1, 0.15) is 16.3 Å². The number of amides is 1. The Morgan fingerprint density at radius 3 is 2.46 bits per heavy atom. The van der Waals surface area contributed by atoms with Crippen molar-refractivity contribution in [2.24, 2.45) is 0 Å². The van der Waals surface area contributed by atoms with Crippen LogP contribution in [-0.4, -0.2) is 38.4 Å². The van der Waals surface area contributed by atoms with Crippen molar-refractivity contribution in [1.29, 1.82) is 0 Å². The van der Waals surface area contributed by atoms with Gasteiger partial charge in [-0.25, -0.2) is 18.1 Å². The van der Waals surface area contributed by atoms with Crippen LogP contribution in [0.5, 0.6) is 0 Å². The molecule has 0 saturated carbocycles. The van der Waals surface area contributed by atoms with E-state index in [2.05, 4.69) is 15.0 Å². The minimum absolute atomic E-state index is 0.0269. The number of carbonyl (C=O) groups excluding carboxylic acids is 2. The van der Waals surface area contributed by atoms with Crippen LogP contribution in [-0.2, 0) is 31.0 Å². The summed E-state index contributed by atoms with van der Waals surface area (Å²) in [5.41, 5.74) is 1.56. The zero-order chi connectivity index (χ0) is 19.2. The highest BCUT2D eigenvalue weighted by Crippen LogP contribution is 2.10. The molecule has 2 aromatic rings. The zero-order valence-electron chi connectivity index (χ0n) is 14.3. The van der Waals surface area contributed by atoms with Crippen molar-refractivity contribution < 1.29 is 22.7 Å². The van der Waals surface area contributed by atoms with Crippen LogP contribution in [0.4, 0.5) is 0 Å². The highest BCUT2D eigenvalue weighted by molar-refractivity contribution is 7.89. The fourth-order valence-electron chi connectivity index (χ4n) is 1.87. The van der Waals surface area contributed by atoms with E-state index in [1.54, 1.807) is 17.5 Å². The number of aromatic nitrogens is 1. The highest BCUT2D eigenvalue weighted by atomic mass is 32.2. The quantitative estimate of drug-likeness (QED) is 0.640. The summed E-state index contributed by atoms with van der Waals surface area (Å²) in [4.78, 5) is 27.5. The Morgan fingerprint density at radius 2 is 1.85 bits per heavy atom. The summed E-state index contributed by atoms with van der Waals surface area (Å²) in [5, 5.41) is 4.94. The maximum Gasteiger partial charge on any atom is 0.325 e. The van der Waals surface area contributed by atoms with E-state index in [1.165, 1.54) is 23.5 Å². The van der Waals surface area contributed by atoms with Gasteiger partial charge in [-0.2, -0.15) is 0 Å². The Kier molecular flexibility index (Phi) is 6.83. The van der Waals surface area contributed by atoms with Gasteiger partial charge in [0.2, 0.25) is 15.9 Å². The summed E-state index contributed by atoms with van der Waals surface area (Å²) in [7, 11) is -3.79. The average Bonchev–Trinajstić information content (AvgIpc) is 3.02. The van der Waals surface area contributed by atoms with Crippen LogP contribution in [0.25, 0.3) is 0 Å². The van der Waals surface area contributed by atoms with Gasteiger partial charge in [0, 0.05) is 5.38 Å². The fourth-order valence-corrected chi connectivity index (χ4v) is 3.45. The average molecular weight is 397 g/mol. The van der Waals surface area contributed by atoms with E-state index in [4.69, 9.17) is 4.74 Å². The molecule has 1 amide bonds. The van der Waals surface area contributed by atoms with Crippen LogP contribution < -0.4 is 10.0 Å². The predicted molar refractivity (Wildman–Crippen MR) is 96.0 cm³/mol. The number of nitrogens with one attached hydrogen (secondary N) is 2. The molecule has 0 spiro atoms. The maximum atomic E-state index is 12.1. The van der Waals surface area contributed by atoms with Gasteiger partial charge in [0.25, 0.3) is 0 Å². The number of thiazole rings is 1. The van der Waals surface area contributed by atoms with Crippen molar-refractivity contribution in [2.75, 3.05) is 13.1 Å². The number of esters is 1. The van der Waals surface area contributed by atoms with Crippen molar-refractivity contribution in [3.63, 3.8) is 0 Å². The minimum Gasteiger partial charge on any atom is -0.458 e. The molecule has 0 fully saturated rings. The van der Waals surface area contributed by atoms with Gasteiger partial charge in [0.15, 0.2) is 0 Å². The Balaban J connectivity index is 1.72. The SMILES string of the molecule is Cc1ccc(S(=O)(=O)NCC(=O)NCC(=O)OCc2csc(C)n2)cc1. The first kappa shape index (κ1) is 20.0. The number of hydrogen-bond donors (Lipinski definition) is 2. The lowest BCUT2D eigenvalue weighted by Crippen LogP contribution is -2.39. The third-order valence-electron chi connectivity index (χ3n) is 3.23. The summed E-state index contributed by atoms with van der Waals surface area (Å²) >= 11 is 1.44. The first-order valence-electron chi connectivity index (χ1n) is 7.66. The van der Waals surface area contributed by atoms with Gasteiger partial charge in [0.1, 0.15) is 13.2 Å². The number of aryl methyl sites for hydroxylation is 2. The zero-order valence-corrected chi connectivity index (χ0v) is 15.9. The second-order valence-electron chi connectivity index (χ2n) is 5.43. The van der Waals surface area contributed by atoms with Gasteiger partial charge in [-0.05, 0) is 26.0 Å². The first-order valence-corrected chi connectivity index (χ1v) is 10.0. The van der Waals surface area contributed by atoms with Gasteiger partial charge in [-0.15, -0.1) is 11.3 Å². The smallest absolute Gasteiger partial charge is 0.325 e. The standard InChI is InChI=1S/C16H19N3O5S2/c1-11-3-5-14(6-4-11)26(22,23)18-7-15(20)17-8-16(21)24-9-13-10-25-12(2)19-13/h3-6,10,18H,7-9H2,1-2H3,(H,17,20). The molecule has 0 bridgehead atoms. The molecular weight excluding hydrogens is 378 g/mol. The van der Waals surface area contributed by atoms with Crippen LogP contribution in [0.2, 0.25) is 0 Å². The predicted octanol–water partition coefficient (Wildman–Crippen LogP) is 0.898. The molecule has 2 N–H and O–H groups in total. The molecule has 0 atom stereocenters. The largest absolute Gasteiger partial charge is 0.458 e. The Labute approximate surface area is 155 Å². The molecule has 0 saturated heterocycles. The summed E-state index contributed by atoms with van der Waals surface area (Å²) < 4.78 is 31.3. The first-order chi connectivity index (χ1) is 12.3. The van der Waals surface area contributed by atoms with Crippen molar-refractivity contribution in [3.8, 4) is 0 Å². The van der Waals surface area contributed by atoms with Gasteiger partial charge < -0.3 is 10.1 Å². The Hall–Kier alpha value is -2.30. The van der Waals surface area contributed by atoms with Crippen LogP contribution >= 0.6 is 11.3 Å². The number of sulfonamides is 1. The van der Waals surface area contributed by atoms with E-state index >= 15 is 0 Å². The fraction of sp³-hybridized carbons (Fsp3) is 0.312. The van der Waals surface area contributed by atoms with Crippen molar-refractivity contribution in [2.45, 2.75) is 25.3 Å². The summed E-state index contributed by atoms with van der Waals surface area (Å²) in [6, 6.07) is 6.23. The molecule has 8 nitrogen and oxygen atoms in total. The molecule has 0 aliphatic heterocycles. The van der Waals surface area contributed by atoms with E-state index < -0.39 is 28.4 Å². The molecule has 0 aliphatic carbocycles. The lowest BCUT2D eigenvalue weighted by molar-refractivity contribution is -0.145. The molecule has 0 radical (unpaired) electrons. The molecule has 140 valence electrons. The maximum absolute atomic E-state index is 12.1. The van der Waals surface area contributed by atoms with Gasteiger partial charge in [-0.3, -0.25) is 9.59 Å². The van der Waals surface area contributed by atoms with Crippen molar-refractivity contribution in [1.82, 2.24) is 15.0 Å². The highest BCUT2D eigenvalue weighted by Gasteiger charge is 2.15. The summed E-state index contributed by atoms with van der Waals surface area (Å²) in [6.45, 7) is 2.88. The van der Waals surface area contributed by atoms with Crippen LogP contribution in [0.15, 0.2) is 34.5 Å². The lowest BCUT2D eigenvalue weighted by Gasteiger charge is -2.08. The van der Waals surface area contributed by atoms with E-state index in [1.807, 2.05) is 13.8 Å². The number of benzene rings is 1. The molecule has 26 heavy (non-hydrogen) atoms. The third-order valence-corrected chi connectivity index (χ3v) is 5.47.